The highest BCUT2D eigenvalue weighted by molar-refractivity contribution is 7.12. The van der Waals surface area contributed by atoms with E-state index in [1.54, 1.807) is 23.7 Å². The van der Waals surface area contributed by atoms with E-state index in [0.29, 0.717) is 25.2 Å². The largest absolute Gasteiger partial charge is 0.460 e. The van der Waals surface area contributed by atoms with Crippen molar-refractivity contribution in [3.8, 4) is 16.6 Å². The lowest BCUT2D eigenvalue weighted by atomic mass is 9.98. The molecule has 0 spiro atoms. The zero-order chi connectivity index (χ0) is 31.3. The Bertz CT molecular complexity index is 1400. The van der Waals surface area contributed by atoms with Gasteiger partial charge in [0, 0.05) is 26.6 Å². The van der Waals surface area contributed by atoms with Crippen LogP contribution in [-0.4, -0.2) is 53.6 Å². The molecule has 0 radical (unpaired) electrons. The van der Waals surface area contributed by atoms with Crippen LogP contribution in [0, 0.1) is 6.92 Å². The van der Waals surface area contributed by atoms with Gasteiger partial charge < -0.3 is 13.9 Å². The Balaban J connectivity index is 1.58. The van der Waals surface area contributed by atoms with Gasteiger partial charge in [-0.2, -0.15) is 9.98 Å². The molecule has 12 heteroatoms. The molecule has 0 saturated heterocycles. The van der Waals surface area contributed by atoms with Crippen molar-refractivity contribution in [2.75, 3.05) is 6.61 Å². The van der Waals surface area contributed by atoms with Gasteiger partial charge in [-0.15, -0.1) is 0 Å². The topological polar surface area (TPSA) is 96.5 Å². The number of hydrogen-bond acceptors (Lipinski definition) is 9. The fourth-order valence-corrected chi connectivity index (χ4v) is 6.97. The van der Waals surface area contributed by atoms with E-state index in [2.05, 4.69) is 74.7 Å². The molecule has 1 aliphatic rings. The Hall–Kier alpha value is -2.26. The maximum atomic E-state index is 6.32. The van der Waals surface area contributed by atoms with Crippen molar-refractivity contribution in [3.63, 3.8) is 0 Å². The van der Waals surface area contributed by atoms with Crippen molar-refractivity contribution in [2.45, 2.75) is 123 Å². The normalized spacial score (nSPS) is 15.7. The van der Waals surface area contributed by atoms with E-state index in [1.165, 1.54) is 19.3 Å². The van der Waals surface area contributed by atoms with Gasteiger partial charge in [0.15, 0.2) is 18.9 Å². The summed E-state index contributed by atoms with van der Waals surface area (Å²) in [6, 6.07) is 3.55. The third kappa shape index (κ3) is 10.1. The maximum absolute atomic E-state index is 6.32. The van der Waals surface area contributed by atoms with Crippen molar-refractivity contribution in [1.29, 1.82) is 0 Å². The van der Waals surface area contributed by atoms with Gasteiger partial charge in [0.2, 0.25) is 0 Å². The van der Waals surface area contributed by atoms with Gasteiger partial charge in [-0.05, 0) is 62.8 Å². The number of hydrogen-bond donors (Lipinski definition) is 0. The van der Waals surface area contributed by atoms with Crippen LogP contribution in [0.4, 0.5) is 5.82 Å². The minimum absolute atomic E-state index is 0.141. The van der Waals surface area contributed by atoms with Crippen LogP contribution in [0.15, 0.2) is 29.6 Å². The Morgan fingerprint density at radius 2 is 1.77 bits per heavy atom. The van der Waals surface area contributed by atoms with Crippen LogP contribution in [0.3, 0.4) is 0 Å². The number of aromatic nitrogens is 5. The Morgan fingerprint density at radius 3 is 2.42 bits per heavy atom. The molecule has 3 aromatic rings. The molecule has 0 amide bonds. The van der Waals surface area contributed by atoms with Crippen molar-refractivity contribution >= 4 is 33.5 Å². The second kappa shape index (κ2) is 14.2. The van der Waals surface area contributed by atoms with Crippen LogP contribution in [-0.2, 0) is 22.5 Å². The van der Waals surface area contributed by atoms with E-state index >= 15 is 0 Å². The van der Waals surface area contributed by atoms with E-state index in [4.69, 9.17) is 23.9 Å². The summed E-state index contributed by atoms with van der Waals surface area (Å²) < 4.78 is 20.7. The van der Waals surface area contributed by atoms with Crippen LogP contribution in [0.1, 0.15) is 64.3 Å². The Kier molecular flexibility index (Phi) is 11.1. The van der Waals surface area contributed by atoms with Crippen LogP contribution in [0.25, 0.3) is 10.6 Å². The molecule has 0 N–H and O–H groups in total. The van der Waals surface area contributed by atoms with Crippen LogP contribution >= 0.6 is 11.3 Å². The number of thiazole rings is 1. The number of nitrogens with zero attached hydrogens (tertiary/aromatic N) is 6. The van der Waals surface area contributed by atoms with E-state index in [-0.39, 0.29) is 11.1 Å². The summed E-state index contributed by atoms with van der Waals surface area (Å²) >= 11 is 1.55. The fraction of sp³-hybridized carbons (Fsp3) is 0.645. The molecule has 1 fully saturated rings. The molecule has 0 aromatic carbocycles. The number of ether oxygens (including phenoxy) is 2. The Labute approximate surface area is 263 Å². The highest BCUT2D eigenvalue weighted by Gasteiger charge is 2.37. The molecule has 1 saturated carbocycles. The van der Waals surface area contributed by atoms with Gasteiger partial charge in [0.1, 0.15) is 12.8 Å². The van der Waals surface area contributed by atoms with Gasteiger partial charge in [0.25, 0.3) is 0 Å². The molecule has 43 heavy (non-hydrogen) atoms. The van der Waals surface area contributed by atoms with Gasteiger partial charge in [-0.1, -0.05) is 58.2 Å². The fourth-order valence-electron chi connectivity index (χ4n) is 4.32. The molecule has 0 atom stereocenters. The monoisotopic (exact) mass is 642 g/mol. The minimum Gasteiger partial charge on any atom is -0.460 e. The van der Waals surface area contributed by atoms with Gasteiger partial charge in [-0.3, -0.25) is 9.55 Å². The highest BCUT2D eigenvalue weighted by atomic mass is 32.1. The first-order valence-electron chi connectivity index (χ1n) is 15.5. The van der Waals surface area contributed by atoms with E-state index in [1.807, 2.05) is 17.6 Å². The average Bonchev–Trinajstić information content (AvgIpc) is 3.32. The Morgan fingerprint density at radius 1 is 1.02 bits per heavy atom. The van der Waals surface area contributed by atoms with Crippen molar-refractivity contribution in [3.05, 3.63) is 40.8 Å². The second-order valence-corrected chi connectivity index (χ2v) is 25.7. The summed E-state index contributed by atoms with van der Waals surface area (Å²) in [4.78, 5) is 25.2. The van der Waals surface area contributed by atoms with Crippen molar-refractivity contribution in [2.24, 2.45) is 4.99 Å². The quantitative estimate of drug-likeness (QED) is 0.146. The minimum atomic E-state index is -1.87. The molecule has 9 nitrogen and oxygen atoms in total. The van der Waals surface area contributed by atoms with E-state index < -0.39 is 16.4 Å². The van der Waals surface area contributed by atoms with Crippen molar-refractivity contribution < 1.29 is 13.9 Å². The molecule has 236 valence electrons. The van der Waals surface area contributed by atoms with Crippen molar-refractivity contribution in [1.82, 2.24) is 24.5 Å². The molecule has 3 aromatic heterocycles. The average molecular weight is 643 g/mol. The molecular weight excluding hydrogens is 593 g/mol. The van der Waals surface area contributed by atoms with Crippen LogP contribution < -0.4 is 9.54 Å². The summed E-state index contributed by atoms with van der Waals surface area (Å²) in [5.74, 6) is 0.542. The zero-order valence-corrected chi connectivity index (χ0v) is 30.4. The lowest BCUT2D eigenvalue weighted by Crippen LogP contribution is -2.40. The van der Waals surface area contributed by atoms with Crippen LogP contribution in [0.5, 0.6) is 6.01 Å². The highest BCUT2D eigenvalue weighted by Crippen LogP contribution is 2.37. The molecule has 4 rings (SSSR count). The molecule has 3 heterocycles. The third-order valence-corrected chi connectivity index (χ3v) is 15.4. The summed E-state index contributed by atoms with van der Waals surface area (Å²) in [6.07, 6.45) is 11.5. The lowest BCUT2D eigenvalue weighted by molar-refractivity contribution is 0.0855. The summed E-state index contributed by atoms with van der Waals surface area (Å²) in [5, 5.41) is 0.141. The standard InChI is InChI=1S/C31H50N6O3SSi2/c1-23-17-26(35-29(34-23)40-25-13-11-10-12-14-25)27-20-37(22-38-15-16-42(5,6)7)30(41-27)36-28-19-32-24(18-33-28)21-39-43(8,9)31(2,3)4/h17-20,25H,10-16,21-22H2,1-9H3/b36-30-. The van der Waals surface area contributed by atoms with Gasteiger partial charge in [0.05, 0.1) is 35.3 Å². The first-order chi connectivity index (χ1) is 20.2. The lowest BCUT2D eigenvalue weighted by Gasteiger charge is -2.35. The predicted octanol–water partition coefficient (Wildman–Crippen LogP) is 7.88. The van der Waals surface area contributed by atoms with Crippen LogP contribution in [0.2, 0.25) is 43.8 Å². The van der Waals surface area contributed by atoms with E-state index in [9.17, 15) is 0 Å². The van der Waals surface area contributed by atoms with E-state index in [0.717, 1.165) is 52.3 Å². The summed E-state index contributed by atoms with van der Waals surface area (Å²) in [6.45, 7) is 21.8. The van der Waals surface area contributed by atoms with Gasteiger partial charge in [-0.25, -0.2) is 9.97 Å². The summed E-state index contributed by atoms with van der Waals surface area (Å²) in [7, 11) is -3.07. The molecule has 0 unspecified atom stereocenters. The molecule has 0 aliphatic heterocycles. The summed E-state index contributed by atoms with van der Waals surface area (Å²) in [5.41, 5.74) is 2.51. The molecule has 1 aliphatic carbocycles. The third-order valence-electron chi connectivity index (χ3n) is 8.15. The molecular formula is C31H50N6O3SSi2. The smallest absolute Gasteiger partial charge is 0.317 e. The molecule has 0 bridgehead atoms. The van der Waals surface area contributed by atoms with Gasteiger partial charge >= 0.3 is 6.01 Å². The second-order valence-electron chi connectivity index (χ2n) is 14.3. The first kappa shape index (κ1) is 33.6. The predicted molar refractivity (Wildman–Crippen MR) is 179 cm³/mol. The first-order valence-corrected chi connectivity index (χ1v) is 22.9. The number of aryl methyl sites for hydroxylation is 1. The SMILES string of the molecule is Cc1cc(-c2cn(COCC[Si](C)(C)C)/c(=N/c3cnc(CO[Si](C)(C)C(C)(C)C)cn3)s2)nc(OC2CCCCC2)n1. The zero-order valence-electron chi connectivity index (χ0n) is 27.6. The maximum Gasteiger partial charge on any atom is 0.317 e. The number of rotatable bonds is 12.